The van der Waals surface area contributed by atoms with Crippen LogP contribution in [0.15, 0.2) is 84.9 Å². The van der Waals surface area contributed by atoms with Crippen LogP contribution in [0.2, 0.25) is 0 Å². The van der Waals surface area contributed by atoms with Crippen LogP contribution in [0.1, 0.15) is 22.5 Å². The summed E-state index contributed by atoms with van der Waals surface area (Å²) < 4.78 is 7.84. The molecule has 0 saturated carbocycles. The number of ether oxygens (including phenoxy) is 1. The lowest BCUT2D eigenvalue weighted by Gasteiger charge is -2.12. The predicted molar refractivity (Wildman–Crippen MR) is 126 cm³/mol. The van der Waals surface area contributed by atoms with Gasteiger partial charge in [-0.2, -0.15) is 5.10 Å². The molecule has 0 atom stereocenters. The van der Waals surface area contributed by atoms with Crippen molar-refractivity contribution in [3.63, 3.8) is 0 Å². The molecule has 162 valence electrons. The Bertz CT molecular complexity index is 1180. The number of aromatic nitrogens is 2. The Kier molecular flexibility index (Phi) is 6.66. The maximum atomic E-state index is 12.5. The minimum atomic E-state index is -0.164. The smallest absolute Gasteiger partial charge is 0.258 e. The molecule has 0 fully saturated rings. The molecule has 0 saturated heterocycles. The first-order valence-corrected chi connectivity index (χ1v) is 10.7. The lowest BCUT2D eigenvalue weighted by molar-refractivity contribution is -0.123. The van der Waals surface area contributed by atoms with Crippen LogP contribution in [0, 0.1) is 13.8 Å². The number of amides is 1. The Labute approximate surface area is 188 Å². The second kappa shape index (κ2) is 9.96. The van der Waals surface area contributed by atoms with Crippen molar-refractivity contribution in [2.24, 2.45) is 0 Å². The average Bonchev–Trinajstić information content (AvgIpc) is 3.09. The fourth-order valence-electron chi connectivity index (χ4n) is 3.73. The van der Waals surface area contributed by atoms with Gasteiger partial charge in [-0.1, -0.05) is 78.9 Å². The third-order valence-corrected chi connectivity index (χ3v) is 5.50. The molecule has 5 nitrogen and oxygen atoms in total. The van der Waals surface area contributed by atoms with Gasteiger partial charge in [0.25, 0.3) is 5.91 Å². The fraction of sp³-hybridized carbons (Fsp3) is 0.185. The average molecular weight is 426 g/mol. The van der Waals surface area contributed by atoms with Gasteiger partial charge in [0.1, 0.15) is 5.75 Å². The van der Waals surface area contributed by atoms with Gasteiger partial charge in [0.05, 0.1) is 12.2 Å². The van der Waals surface area contributed by atoms with E-state index in [-0.39, 0.29) is 12.5 Å². The van der Waals surface area contributed by atoms with E-state index in [1.807, 2.05) is 91.3 Å². The third kappa shape index (κ3) is 5.06. The number of para-hydroxylation sites is 1. The molecular formula is C27H27N3O2. The molecule has 0 bridgehead atoms. The first kappa shape index (κ1) is 21.4. The van der Waals surface area contributed by atoms with E-state index in [1.54, 1.807) is 0 Å². The molecule has 3 aromatic carbocycles. The van der Waals surface area contributed by atoms with Gasteiger partial charge >= 0.3 is 0 Å². The minimum Gasteiger partial charge on any atom is -0.483 e. The number of rotatable bonds is 8. The van der Waals surface area contributed by atoms with E-state index in [9.17, 15) is 4.79 Å². The zero-order chi connectivity index (χ0) is 22.3. The molecule has 5 heteroatoms. The lowest BCUT2D eigenvalue weighted by Crippen LogP contribution is -2.28. The number of carbonyl (C=O) groups excluding carboxylic acids is 1. The van der Waals surface area contributed by atoms with Gasteiger partial charge in [-0.15, -0.1) is 0 Å². The van der Waals surface area contributed by atoms with E-state index in [2.05, 4.69) is 22.5 Å². The first-order chi connectivity index (χ1) is 15.6. The largest absolute Gasteiger partial charge is 0.483 e. The van der Waals surface area contributed by atoms with E-state index in [4.69, 9.17) is 4.74 Å². The second-order valence-electron chi connectivity index (χ2n) is 7.72. The van der Waals surface area contributed by atoms with Crippen LogP contribution in [-0.2, 0) is 17.9 Å². The maximum absolute atomic E-state index is 12.5. The molecule has 4 rings (SSSR count). The molecule has 0 spiro atoms. The molecule has 0 aliphatic heterocycles. The summed E-state index contributed by atoms with van der Waals surface area (Å²) in [7, 11) is 0. The molecule has 1 heterocycles. The number of nitrogens with zero attached hydrogens (tertiary/aromatic N) is 2. The first-order valence-electron chi connectivity index (χ1n) is 10.7. The van der Waals surface area contributed by atoms with Crippen molar-refractivity contribution >= 4 is 5.91 Å². The van der Waals surface area contributed by atoms with Gasteiger partial charge in [-0.05, 0) is 31.0 Å². The number of benzene rings is 3. The highest BCUT2D eigenvalue weighted by molar-refractivity contribution is 5.78. The van der Waals surface area contributed by atoms with E-state index in [0.29, 0.717) is 18.8 Å². The number of aryl methyl sites for hydroxylation is 1. The lowest BCUT2D eigenvalue weighted by atomic mass is 10.1. The summed E-state index contributed by atoms with van der Waals surface area (Å²) in [5.41, 5.74) is 6.24. The van der Waals surface area contributed by atoms with Crippen LogP contribution in [0.4, 0.5) is 0 Å². The van der Waals surface area contributed by atoms with Crippen LogP contribution in [0.25, 0.3) is 11.1 Å². The zero-order valence-corrected chi connectivity index (χ0v) is 18.4. The number of nitrogens with one attached hydrogen (secondary N) is 1. The normalized spacial score (nSPS) is 10.7. The van der Waals surface area contributed by atoms with Crippen molar-refractivity contribution in [1.29, 1.82) is 0 Å². The molecule has 1 N–H and O–H groups in total. The summed E-state index contributed by atoms with van der Waals surface area (Å²) in [5.74, 6) is 0.527. The Morgan fingerprint density at radius 2 is 1.56 bits per heavy atom. The summed E-state index contributed by atoms with van der Waals surface area (Å²) in [5, 5.41) is 7.63. The van der Waals surface area contributed by atoms with Crippen LogP contribution in [0.5, 0.6) is 5.75 Å². The number of hydrogen-bond acceptors (Lipinski definition) is 3. The van der Waals surface area contributed by atoms with Gasteiger partial charge in [-0.25, -0.2) is 0 Å². The Morgan fingerprint density at radius 1 is 0.906 bits per heavy atom. The van der Waals surface area contributed by atoms with Crippen molar-refractivity contribution in [3.8, 4) is 16.9 Å². The zero-order valence-electron chi connectivity index (χ0n) is 18.4. The summed E-state index contributed by atoms with van der Waals surface area (Å²) in [6.45, 7) is 5.11. The van der Waals surface area contributed by atoms with Gasteiger partial charge in [-0.3, -0.25) is 9.48 Å². The summed E-state index contributed by atoms with van der Waals surface area (Å²) in [4.78, 5) is 12.5. The molecule has 0 unspecified atom stereocenters. The van der Waals surface area contributed by atoms with Crippen LogP contribution >= 0.6 is 0 Å². The Morgan fingerprint density at radius 3 is 2.31 bits per heavy atom. The fourth-order valence-corrected chi connectivity index (χ4v) is 3.73. The van der Waals surface area contributed by atoms with Crippen molar-refractivity contribution < 1.29 is 9.53 Å². The highest BCUT2D eigenvalue weighted by Crippen LogP contribution is 2.29. The maximum Gasteiger partial charge on any atom is 0.258 e. The van der Waals surface area contributed by atoms with Crippen molar-refractivity contribution in [1.82, 2.24) is 15.1 Å². The van der Waals surface area contributed by atoms with E-state index in [1.165, 1.54) is 5.56 Å². The number of carbonyl (C=O) groups is 1. The van der Waals surface area contributed by atoms with Gasteiger partial charge < -0.3 is 10.1 Å². The number of hydrogen-bond donors (Lipinski definition) is 1. The predicted octanol–water partition coefficient (Wildman–Crippen LogP) is 4.91. The monoisotopic (exact) mass is 425 g/mol. The molecule has 4 aromatic rings. The van der Waals surface area contributed by atoms with Crippen LogP contribution < -0.4 is 10.1 Å². The minimum absolute atomic E-state index is 0.0416. The highest BCUT2D eigenvalue weighted by atomic mass is 16.5. The van der Waals surface area contributed by atoms with Gasteiger partial charge in [0.15, 0.2) is 6.61 Å². The molecule has 1 amide bonds. The SMILES string of the molecule is Cc1nn(Cc2ccccc2)c(C)c1CNC(=O)COc1ccccc1-c1ccccc1. The molecule has 32 heavy (non-hydrogen) atoms. The standard InChI is InChI=1S/C27H27N3O2/c1-20-25(21(2)30(29-20)18-22-11-5-3-6-12-22)17-28-27(31)19-32-26-16-10-9-15-24(26)23-13-7-4-8-14-23/h3-16H,17-19H2,1-2H3,(H,28,31). The van der Waals surface area contributed by atoms with Crippen molar-refractivity contribution in [3.05, 3.63) is 107 Å². The van der Waals surface area contributed by atoms with Crippen LogP contribution in [-0.4, -0.2) is 22.3 Å². The van der Waals surface area contributed by atoms with Crippen LogP contribution in [0.3, 0.4) is 0 Å². The molecule has 0 aliphatic carbocycles. The topological polar surface area (TPSA) is 56.2 Å². The third-order valence-electron chi connectivity index (χ3n) is 5.50. The molecular weight excluding hydrogens is 398 g/mol. The molecule has 1 aromatic heterocycles. The summed E-state index contributed by atoms with van der Waals surface area (Å²) in [6, 6.07) is 28.0. The molecule has 0 radical (unpaired) electrons. The summed E-state index contributed by atoms with van der Waals surface area (Å²) >= 11 is 0. The Balaban J connectivity index is 1.36. The van der Waals surface area contributed by atoms with E-state index < -0.39 is 0 Å². The summed E-state index contributed by atoms with van der Waals surface area (Å²) in [6.07, 6.45) is 0. The van der Waals surface area contributed by atoms with E-state index >= 15 is 0 Å². The van der Waals surface area contributed by atoms with Crippen molar-refractivity contribution in [2.75, 3.05) is 6.61 Å². The van der Waals surface area contributed by atoms with Gasteiger partial charge in [0, 0.05) is 23.4 Å². The second-order valence-corrected chi connectivity index (χ2v) is 7.72. The quantitative estimate of drug-likeness (QED) is 0.436. The van der Waals surface area contributed by atoms with E-state index in [0.717, 1.165) is 28.1 Å². The van der Waals surface area contributed by atoms with Crippen molar-refractivity contribution in [2.45, 2.75) is 26.9 Å². The Hall–Kier alpha value is -3.86. The highest BCUT2D eigenvalue weighted by Gasteiger charge is 2.14. The molecule has 0 aliphatic rings. The van der Waals surface area contributed by atoms with Gasteiger partial charge in [0.2, 0.25) is 0 Å².